The summed E-state index contributed by atoms with van der Waals surface area (Å²) >= 11 is 0. The van der Waals surface area contributed by atoms with E-state index in [0.29, 0.717) is 29.2 Å². The summed E-state index contributed by atoms with van der Waals surface area (Å²) in [5.74, 6) is 1.65. The first-order valence-corrected chi connectivity index (χ1v) is 6.97. The molecule has 0 saturated heterocycles. The molecule has 2 rings (SSSR count). The predicted octanol–water partition coefficient (Wildman–Crippen LogP) is 4.34. The molecule has 0 radical (unpaired) electrons. The molecule has 0 unspecified atom stereocenters. The molecule has 3 nitrogen and oxygen atoms in total. The Balaban J connectivity index is 2.34. The van der Waals surface area contributed by atoms with Gasteiger partial charge < -0.3 is 15.2 Å². The maximum Gasteiger partial charge on any atom is 0.132 e. The van der Waals surface area contributed by atoms with E-state index in [1.807, 2.05) is 25.1 Å². The lowest BCUT2D eigenvalue weighted by Gasteiger charge is -2.15. The van der Waals surface area contributed by atoms with Crippen LogP contribution in [-0.2, 0) is 0 Å². The largest absolute Gasteiger partial charge is 0.494 e. The van der Waals surface area contributed by atoms with E-state index in [4.69, 9.17) is 15.2 Å². The zero-order valence-corrected chi connectivity index (χ0v) is 12.5. The first-order chi connectivity index (χ1) is 10.0. The molecule has 0 heterocycles. The van der Waals surface area contributed by atoms with E-state index >= 15 is 0 Å². The normalized spacial score (nSPS) is 12.0. The standard InChI is InChI=1S/C17H20FNO2/c1-4-20-13-6-5-7-14(9-13)21-17-8-11(2)16(18)10-15(17)12(3)19/h5-10,12H,4,19H2,1-3H3/t12-/m1/s1. The van der Waals surface area contributed by atoms with Gasteiger partial charge >= 0.3 is 0 Å². The minimum atomic E-state index is -0.315. The zero-order chi connectivity index (χ0) is 15.4. The number of benzene rings is 2. The fourth-order valence-corrected chi connectivity index (χ4v) is 2.04. The Morgan fingerprint density at radius 1 is 1.19 bits per heavy atom. The van der Waals surface area contributed by atoms with Gasteiger partial charge in [-0.2, -0.15) is 0 Å². The van der Waals surface area contributed by atoms with Crippen molar-refractivity contribution < 1.29 is 13.9 Å². The van der Waals surface area contributed by atoms with Gasteiger partial charge in [-0.05, 0) is 50.6 Å². The van der Waals surface area contributed by atoms with Crippen LogP contribution in [0, 0.1) is 12.7 Å². The molecule has 0 aliphatic carbocycles. The molecule has 112 valence electrons. The lowest BCUT2D eigenvalue weighted by atomic mass is 10.1. The fraction of sp³-hybridized carbons (Fsp3) is 0.294. The molecule has 2 N–H and O–H groups in total. The summed E-state index contributed by atoms with van der Waals surface area (Å²) in [6.45, 7) is 6.01. The first kappa shape index (κ1) is 15.3. The Morgan fingerprint density at radius 3 is 2.57 bits per heavy atom. The maximum absolute atomic E-state index is 13.7. The molecular weight excluding hydrogens is 269 g/mol. The van der Waals surface area contributed by atoms with Crippen molar-refractivity contribution in [2.75, 3.05) is 6.61 Å². The van der Waals surface area contributed by atoms with Crippen LogP contribution in [0.3, 0.4) is 0 Å². The summed E-state index contributed by atoms with van der Waals surface area (Å²) in [5.41, 5.74) is 7.06. The third-order valence-electron chi connectivity index (χ3n) is 3.13. The van der Waals surface area contributed by atoms with Crippen LogP contribution in [0.25, 0.3) is 0 Å². The zero-order valence-electron chi connectivity index (χ0n) is 12.5. The van der Waals surface area contributed by atoms with Crippen LogP contribution in [-0.4, -0.2) is 6.61 Å². The fourth-order valence-electron chi connectivity index (χ4n) is 2.04. The molecular formula is C17H20FNO2. The molecule has 0 fully saturated rings. The summed E-state index contributed by atoms with van der Waals surface area (Å²) in [6.07, 6.45) is 0. The van der Waals surface area contributed by atoms with Gasteiger partial charge in [-0.15, -0.1) is 0 Å². The van der Waals surface area contributed by atoms with Crippen LogP contribution in [0.1, 0.15) is 31.0 Å². The predicted molar refractivity (Wildman–Crippen MR) is 81.4 cm³/mol. The number of nitrogens with two attached hydrogens (primary N) is 1. The van der Waals surface area contributed by atoms with Crippen molar-refractivity contribution in [2.24, 2.45) is 5.73 Å². The van der Waals surface area contributed by atoms with Gasteiger partial charge in [0.1, 0.15) is 23.1 Å². The molecule has 1 atom stereocenters. The number of rotatable bonds is 5. The van der Waals surface area contributed by atoms with Crippen molar-refractivity contribution in [3.8, 4) is 17.2 Å². The highest BCUT2D eigenvalue weighted by molar-refractivity contribution is 5.44. The van der Waals surface area contributed by atoms with Crippen LogP contribution in [0.15, 0.2) is 36.4 Å². The molecule has 0 spiro atoms. The van der Waals surface area contributed by atoms with Crippen molar-refractivity contribution in [2.45, 2.75) is 26.8 Å². The van der Waals surface area contributed by atoms with Gasteiger partial charge in [-0.1, -0.05) is 6.07 Å². The summed E-state index contributed by atoms with van der Waals surface area (Å²) in [5, 5.41) is 0. The summed E-state index contributed by atoms with van der Waals surface area (Å²) in [7, 11) is 0. The Morgan fingerprint density at radius 2 is 1.90 bits per heavy atom. The average Bonchev–Trinajstić information content (AvgIpc) is 2.43. The van der Waals surface area contributed by atoms with E-state index < -0.39 is 0 Å². The molecule has 2 aromatic carbocycles. The van der Waals surface area contributed by atoms with Crippen molar-refractivity contribution in [3.63, 3.8) is 0 Å². The van der Waals surface area contributed by atoms with Crippen molar-refractivity contribution in [3.05, 3.63) is 53.3 Å². The van der Waals surface area contributed by atoms with Crippen LogP contribution >= 0.6 is 0 Å². The highest BCUT2D eigenvalue weighted by Gasteiger charge is 2.13. The molecule has 2 aromatic rings. The van der Waals surface area contributed by atoms with Crippen LogP contribution < -0.4 is 15.2 Å². The molecule has 4 heteroatoms. The molecule has 0 amide bonds. The van der Waals surface area contributed by atoms with Crippen molar-refractivity contribution in [1.29, 1.82) is 0 Å². The SMILES string of the molecule is CCOc1cccc(Oc2cc(C)c(F)cc2[C@@H](C)N)c1. The topological polar surface area (TPSA) is 44.5 Å². The highest BCUT2D eigenvalue weighted by atomic mass is 19.1. The maximum atomic E-state index is 13.7. The molecule has 0 aliphatic rings. The second kappa shape index (κ2) is 6.59. The lowest BCUT2D eigenvalue weighted by molar-refractivity contribution is 0.338. The Hall–Kier alpha value is -2.07. The van der Waals surface area contributed by atoms with Gasteiger partial charge in [-0.3, -0.25) is 0 Å². The van der Waals surface area contributed by atoms with Crippen molar-refractivity contribution in [1.82, 2.24) is 0 Å². The first-order valence-electron chi connectivity index (χ1n) is 6.97. The van der Waals surface area contributed by atoms with Crippen LogP contribution in [0.4, 0.5) is 4.39 Å². The summed E-state index contributed by atoms with van der Waals surface area (Å²) in [4.78, 5) is 0. The quantitative estimate of drug-likeness (QED) is 0.890. The van der Waals surface area contributed by atoms with E-state index in [1.54, 1.807) is 26.0 Å². The Labute approximate surface area is 124 Å². The second-order valence-corrected chi connectivity index (χ2v) is 4.94. The number of hydrogen-bond donors (Lipinski definition) is 1. The Bertz CT molecular complexity index is 626. The minimum absolute atomic E-state index is 0.280. The Kier molecular flexibility index (Phi) is 4.81. The molecule has 0 saturated carbocycles. The number of halogens is 1. The van der Waals surface area contributed by atoms with Crippen LogP contribution in [0.5, 0.6) is 17.2 Å². The van der Waals surface area contributed by atoms with E-state index in [-0.39, 0.29) is 11.9 Å². The average molecular weight is 289 g/mol. The molecule has 0 aromatic heterocycles. The van der Waals surface area contributed by atoms with E-state index in [0.717, 1.165) is 5.75 Å². The third-order valence-corrected chi connectivity index (χ3v) is 3.13. The smallest absolute Gasteiger partial charge is 0.132 e. The van der Waals surface area contributed by atoms with E-state index in [9.17, 15) is 4.39 Å². The third kappa shape index (κ3) is 3.73. The van der Waals surface area contributed by atoms with E-state index in [1.165, 1.54) is 6.07 Å². The van der Waals surface area contributed by atoms with Crippen LogP contribution in [0.2, 0.25) is 0 Å². The molecule has 21 heavy (non-hydrogen) atoms. The monoisotopic (exact) mass is 289 g/mol. The summed E-state index contributed by atoms with van der Waals surface area (Å²) < 4.78 is 25.0. The van der Waals surface area contributed by atoms with Crippen molar-refractivity contribution >= 4 is 0 Å². The number of ether oxygens (including phenoxy) is 2. The van der Waals surface area contributed by atoms with Gasteiger partial charge in [0.25, 0.3) is 0 Å². The highest BCUT2D eigenvalue weighted by Crippen LogP contribution is 2.32. The van der Waals surface area contributed by atoms with Gasteiger partial charge in [-0.25, -0.2) is 4.39 Å². The van der Waals surface area contributed by atoms with Gasteiger partial charge in [0.2, 0.25) is 0 Å². The van der Waals surface area contributed by atoms with Gasteiger partial charge in [0.05, 0.1) is 6.61 Å². The van der Waals surface area contributed by atoms with Gasteiger partial charge in [0, 0.05) is 17.7 Å². The summed E-state index contributed by atoms with van der Waals surface area (Å²) in [6, 6.07) is 10.1. The van der Waals surface area contributed by atoms with E-state index in [2.05, 4.69) is 0 Å². The number of hydrogen-bond acceptors (Lipinski definition) is 3. The molecule has 0 aliphatic heterocycles. The van der Waals surface area contributed by atoms with Gasteiger partial charge in [0.15, 0.2) is 0 Å². The minimum Gasteiger partial charge on any atom is -0.494 e. The molecule has 0 bridgehead atoms. The second-order valence-electron chi connectivity index (χ2n) is 4.94. The lowest BCUT2D eigenvalue weighted by Crippen LogP contribution is -2.08. The number of aryl methyl sites for hydroxylation is 1.